The van der Waals surface area contributed by atoms with Gasteiger partial charge in [-0.05, 0) is 48.5 Å². The van der Waals surface area contributed by atoms with E-state index in [1.165, 1.54) is 10.4 Å². The SMILES string of the molecule is O=C(O)C1CCCN(C(c2ccncc2)c2cccs2)C1. The molecule has 1 aliphatic rings. The van der Waals surface area contributed by atoms with Gasteiger partial charge in [-0.15, -0.1) is 11.3 Å². The molecule has 1 fully saturated rings. The van der Waals surface area contributed by atoms with E-state index in [9.17, 15) is 9.90 Å². The lowest BCUT2D eigenvalue weighted by Gasteiger charge is -2.36. The third kappa shape index (κ3) is 3.14. The van der Waals surface area contributed by atoms with Crippen LogP contribution in [0.5, 0.6) is 0 Å². The minimum absolute atomic E-state index is 0.134. The Morgan fingerprint density at radius 3 is 2.86 bits per heavy atom. The predicted molar refractivity (Wildman–Crippen MR) is 82.3 cm³/mol. The van der Waals surface area contributed by atoms with Crippen LogP contribution in [0.1, 0.15) is 29.3 Å². The van der Waals surface area contributed by atoms with E-state index in [1.54, 1.807) is 23.7 Å². The molecule has 0 spiro atoms. The van der Waals surface area contributed by atoms with Crippen LogP contribution in [0, 0.1) is 5.92 Å². The van der Waals surface area contributed by atoms with Crippen LogP contribution >= 0.6 is 11.3 Å². The van der Waals surface area contributed by atoms with Crippen LogP contribution in [0.3, 0.4) is 0 Å². The molecule has 0 aromatic carbocycles. The minimum atomic E-state index is -0.681. The summed E-state index contributed by atoms with van der Waals surface area (Å²) < 4.78 is 0. The van der Waals surface area contributed by atoms with Gasteiger partial charge in [-0.2, -0.15) is 0 Å². The molecule has 0 amide bonds. The molecule has 1 aliphatic heterocycles. The van der Waals surface area contributed by atoms with E-state index in [4.69, 9.17) is 0 Å². The van der Waals surface area contributed by atoms with Gasteiger partial charge in [-0.1, -0.05) is 6.07 Å². The third-order valence-electron chi connectivity index (χ3n) is 4.00. The van der Waals surface area contributed by atoms with E-state index in [0.717, 1.165) is 19.4 Å². The molecule has 0 aliphatic carbocycles. The number of carboxylic acid groups (broad SMARTS) is 1. The van der Waals surface area contributed by atoms with Crippen molar-refractivity contribution in [3.8, 4) is 0 Å². The molecular formula is C16H18N2O2S. The monoisotopic (exact) mass is 302 g/mol. The second-order valence-electron chi connectivity index (χ2n) is 5.37. The van der Waals surface area contributed by atoms with Crippen LogP contribution in [0.15, 0.2) is 42.0 Å². The number of rotatable bonds is 4. The molecular weight excluding hydrogens is 284 g/mol. The fourth-order valence-corrected chi connectivity index (χ4v) is 3.88. The zero-order valence-electron chi connectivity index (χ0n) is 11.7. The van der Waals surface area contributed by atoms with E-state index in [1.807, 2.05) is 18.2 Å². The number of carbonyl (C=O) groups is 1. The Morgan fingerprint density at radius 2 is 2.19 bits per heavy atom. The molecule has 2 unspecified atom stereocenters. The lowest BCUT2D eigenvalue weighted by atomic mass is 9.94. The number of pyridine rings is 1. The molecule has 0 radical (unpaired) electrons. The summed E-state index contributed by atoms with van der Waals surface area (Å²) in [5, 5.41) is 11.4. The Kier molecular flexibility index (Phi) is 4.31. The maximum atomic E-state index is 11.3. The van der Waals surface area contributed by atoms with Crippen molar-refractivity contribution in [3.05, 3.63) is 52.5 Å². The van der Waals surface area contributed by atoms with Crippen LogP contribution in [0.25, 0.3) is 0 Å². The van der Waals surface area contributed by atoms with Gasteiger partial charge >= 0.3 is 5.97 Å². The largest absolute Gasteiger partial charge is 0.481 e. The van der Waals surface area contributed by atoms with Crippen molar-refractivity contribution in [1.82, 2.24) is 9.88 Å². The highest BCUT2D eigenvalue weighted by atomic mass is 32.1. The van der Waals surface area contributed by atoms with Gasteiger partial charge in [0.1, 0.15) is 0 Å². The molecule has 4 nitrogen and oxygen atoms in total. The Bertz CT molecular complexity index is 586. The Hall–Kier alpha value is -1.72. The second-order valence-corrected chi connectivity index (χ2v) is 6.35. The number of thiophene rings is 1. The zero-order chi connectivity index (χ0) is 14.7. The number of likely N-dealkylation sites (tertiary alicyclic amines) is 1. The molecule has 21 heavy (non-hydrogen) atoms. The molecule has 0 saturated carbocycles. The molecule has 0 bridgehead atoms. The number of aromatic nitrogens is 1. The van der Waals surface area contributed by atoms with Crippen molar-refractivity contribution in [2.45, 2.75) is 18.9 Å². The molecule has 5 heteroatoms. The fourth-order valence-electron chi connectivity index (χ4n) is 2.99. The summed E-state index contributed by atoms with van der Waals surface area (Å²) in [5.74, 6) is -0.942. The minimum Gasteiger partial charge on any atom is -0.481 e. The Labute approximate surface area is 128 Å². The normalized spacial score (nSPS) is 21.0. The number of hydrogen-bond donors (Lipinski definition) is 1. The second kappa shape index (κ2) is 6.37. The molecule has 2 aromatic rings. The molecule has 2 aromatic heterocycles. The summed E-state index contributed by atoms with van der Waals surface area (Å²) in [7, 11) is 0. The maximum absolute atomic E-state index is 11.3. The standard InChI is InChI=1S/C16H18N2O2S/c19-16(20)13-3-1-9-18(11-13)15(14-4-2-10-21-14)12-5-7-17-8-6-12/h2,4-8,10,13,15H,1,3,9,11H2,(H,19,20). The molecule has 3 heterocycles. The summed E-state index contributed by atoms with van der Waals surface area (Å²) in [4.78, 5) is 19.0. The smallest absolute Gasteiger partial charge is 0.307 e. The first-order valence-corrected chi connectivity index (χ1v) is 8.04. The number of hydrogen-bond acceptors (Lipinski definition) is 4. The molecule has 2 atom stereocenters. The fraction of sp³-hybridized carbons (Fsp3) is 0.375. The van der Waals surface area contributed by atoms with Crippen molar-refractivity contribution in [2.24, 2.45) is 5.92 Å². The molecule has 3 rings (SSSR count). The first-order valence-electron chi connectivity index (χ1n) is 7.16. The number of aliphatic carboxylic acids is 1. The van der Waals surface area contributed by atoms with Crippen LogP contribution in [0.2, 0.25) is 0 Å². The lowest BCUT2D eigenvalue weighted by Crippen LogP contribution is -2.41. The van der Waals surface area contributed by atoms with E-state index < -0.39 is 5.97 Å². The van der Waals surface area contributed by atoms with Crippen LogP contribution in [0.4, 0.5) is 0 Å². The van der Waals surface area contributed by atoms with Gasteiger partial charge in [-0.25, -0.2) is 0 Å². The van der Waals surface area contributed by atoms with E-state index in [-0.39, 0.29) is 12.0 Å². The first kappa shape index (κ1) is 14.2. The van der Waals surface area contributed by atoms with Crippen molar-refractivity contribution in [2.75, 3.05) is 13.1 Å². The van der Waals surface area contributed by atoms with Crippen molar-refractivity contribution < 1.29 is 9.90 Å². The van der Waals surface area contributed by atoms with E-state index in [0.29, 0.717) is 6.54 Å². The predicted octanol–water partition coefficient (Wildman–Crippen LogP) is 3.03. The quantitative estimate of drug-likeness (QED) is 0.943. The molecule has 1 N–H and O–H groups in total. The third-order valence-corrected chi connectivity index (χ3v) is 4.93. The molecule has 110 valence electrons. The number of nitrogens with zero attached hydrogens (tertiary/aromatic N) is 2. The Balaban J connectivity index is 1.91. The first-order chi connectivity index (χ1) is 10.3. The van der Waals surface area contributed by atoms with Crippen LogP contribution in [-0.2, 0) is 4.79 Å². The van der Waals surface area contributed by atoms with Crippen LogP contribution < -0.4 is 0 Å². The van der Waals surface area contributed by atoms with Crippen molar-refractivity contribution in [1.29, 1.82) is 0 Å². The van der Waals surface area contributed by atoms with Gasteiger partial charge in [0.05, 0.1) is 12.0 Å². The van der Waals surface area contributed by atoms with Gasteiger partial charge in [0.25, 0.3) is 0 Å². The summed E-state index contributed by atoms with van der Waals surface area (Å²) in [5.41, 5.74) is 1.18. The van der Waals surface area contributed by atoms with Crippen LogP contribution in [-0.4, -0.2) is 34.0 Å². The summed E-state index contributed by atoms with van der Waals surface area (Å²) in [6.07, 6.45) is 5.31. The summed E-state index contributed by atoms with van der Waals surface area (Å²) in [6.45, 7) is 1.55. The highest BCUT2D eigenvalue weighted by molar-refractivity contribution is 7.10. The number of carboxylic acids is 1. The lowest BCUT2D eigenvalue weighted by molar-refractivity contribution is -0.143. The van der Waals surface area contributed by atoms with Crippen molar-refractivity contribution >= 4 is 17.3 Å². The average molecular weight is 302 g/mol. The van der Waals surface area contributed by atoms with E-state index in [2.05, 4.69) is 21.3 Å². The average Bonchev–Trinajstić information content (AvgIpc) is 3.03. The van der Waals surface area contributed by atoms with Gasteiger partial charge in [0, 0.05) is 23.8 Å². The zero-order valence-corrected chi connectivity index (χ0v) is 12.5. The van der Waals surface area contributed by atoms with Gasteiger partial charge in [0.15, 0.2) is 0 Å². The topological polar surface area (TPSA) is 53.4 Å². The molecule has 1 saturated heterocycles. The highest BCUT2D eigenvalue weighted by Crippen LogP contribution is 2.34. The highest BCUT2D eigenvalue weighted by Gasteiger charge is 2.31. The van der Waals surface area contributed by atoms with Gasteiger partial charge < -0.3 is 5.11 Å². The van der Waals surface area contributed by atoms with E-state index >= 15 is 0 Å². The summed E-state index contributed by atoms with van der Waals surface area (Å²) >= 11 is 1.72. The van der Waals surface area contributed by atoms with Gasteiger partial charge in [0.2, 0.25) is 0 Å². The number of piperidine rings is 1. The summed E-state index contributed by atoms with van der Waals surface area (Å²) in [6, 6.07) is 8.35. The maximum Gasteiger partial charge on any atom is 0.307 e. The van der Waals surface area contributed by atoms with Crippen molar-refractivity contribution in [3.63, 3.8) is 0 Å². The van der Waals surface area contributed by atoms with Gasteiger partial charge in [-0.3, -0.25) is 14.7 Å². The Morgan fingerprint density at radius 1 is 1.38 bits per heavy atom.